The average Bonchev–Trinajstić information content (AvgIpc) is 3.19. The molecule has 7 nitrogen and oxygen atoms in total. The van der Waals surface area contributed by atoms with Gasteiger partial charge in [0.05, 0.1) is 22.4 Å². The van der Waals surface area contributed by atoms with E-state index >= 15 is 0 Å². The summed E-state index contributed by atoms with van der Waals surface area (Å²) in [6, 6.07) is 16.6. The highest BCUT2D eigenvalue weighted by Crippen LogP contribution is 2.19. The maximum absolute atomic E-state index is 12.6. The summed E-state index contributed by atoms with van der Waals surface area (Å²) in [5, 5.41) is 7.96. The summed E-state index contributed by atoms with van der Waals surface area (Å²) >= 11 is 5.95. The van der Waals surface area contributed by atoms with Crippen molar-refractivity contribution in [3.8, 4) is 5.69 Å². The zero-order valence-corrected chi connectivity index (χ0v) is 16.8. The largest absolute Gasteiger partial charge is 0.328 e. The van der Waals surface area contributed by atoms with Gasteiger partial charge in [-0.2, -0.15) is 5.10 Å². The number of aromatic nitrogens is 4. The van der Waals surface area contributed by atoms with Crippen molar-refractivity contribution in [1.82, 2.24) is 18.9 Å². The quantitative estimate of drug-likeness (QED) is 0.548. The highest BCUT2D eigenvalue weighted by Gasteiger charge is 2.14. The molecule has 29 heavy (non-hydrogen) atoms. The summed E-state index contributed by atoms with van der Waals surface area (Å²) < 4.78 is 4.87. The second-order valence-corrected chi connectivity index (χ2v) is 7.28. The second kappa shape index (κ2) is 7.60. The second-order valence-electron chi connectivity index (χ2n) is 6.84. The van der Waals surface area contributed by atoms with Gasteiger partial charge in [0, 0.05) is 31.1 Å². The zero-order valence-electron chi connectivity index (χ0n) is 16.1. The molecule has 148 valence electrons. The highest BCUT2D eigenvalue weighted by molar-refractivity contribution is 6.30. The number of imidazole rings is 1. The third-order valence-corrected chi connectivity index (χ3v) is 5.04. The highest BCUT2D eigenvalue weighted by atomic mass is 35.5. The number of nitrogens with zero attached hydrogens (tertiary/aromatic N) is 4. The first kappa shape index (κ1) is 19.0. The first-order valence-corrected chi connectivity index (χ1v) is 9.58. The van der Waals surface area contributed by atoms with Gasteiger partial charge in [-0.3, -0.25) is 13.9 Å². The van der Waals surface area contributed by atoms with Crippen molar-refractivity contribution in [1.29, 1.82) is 0 Å². The molecule has 1 amide bonds. The molecule has 0 aliphatic heterocycles. The van der Waals surface area contributed by atoms with E-state index in [9.17, 15) is 9.59 Å². The monoisotopic (exact) mass is 409 g/mol. The summed E-state index contributed by atoms with van der Waals surface area (Å²) in [5.41, 5.74) is 3.09. The van der Waals surface area contributed by atoms with Crippen LogP contribution >= 0.6 is 11.6 Å². The summed E-state index contributed by atoms with van der Waals surface area (Å²) in [4.78, 5) is 25.1. The lowest BCUT2D eigenvalue weighted by Gasteiger charge is -2.09. The molecule has 4 rings (SSSR count). The van der Waals surface area contributed by atoms with E-state index in [2.05, 4.69) is 10.4 Å². The number of rotatable bonds is 5. The molecule has 0 saturated heterocycles. The zero-order chi connectivity index (χ0) is 20.5. The Kier molecular flexibility index (Phi) is 4.98. The summed E-state index contributed by atoms with van der Waals surface area (Å²) in [6.45, 7) is 2.15. The van der Waals surface area contributed by atoms with E-state index in [4.69, 9.17) is 11.6 Å². The third-order valence-electron chi connectivity index (χ3n) is 4.78. The molecule has 0 atom stereocenters. The molecule has 2 aromatic heterocycles. The van der Waals surface area contributed by atoms with Crippen molar-refractivity contribution in [2.45, 2.75) is 19.9 Å². The fourth-order valence-corrected chi connectivity index (χ4v) is 3.49. The van der Waals surface area contributed by atoms with Gasteiger partial charge in [0.2, 0.25) is 5.91 Å². The Morgan fingerprint density at radius 1 is 1.10 bits per heavy atom. The molecule has 8 heteroatoms. The number of carbonyl (C=O) groups is 1. The lowest BCUT2D eigenvalue weighted by molar-refractivity contribution is -0.116. The SMILES string of the molecule is Cc1cc(NC(=O)CCn2c(=O)n(C)c3ccccc32)n(-c2ccc(Cl)cc2)n1. The van der Waals surface area contributed by atoms with E-state index < -0.39 is 0 Å². The minimum atomic E-state index is -0.194. The van der Waals surface area contributed by atoms with Crippen LogP contribution in [-0.4, -0.2) is 24.8 Å². The number of amides is 1. The van der Waals surface area contributed by atoms with Crippen molar-refractivity contribution in [2.24, 2.45) is 7.05 Å². The molecule has 4 aromatic rings. The Labute approximate surface area is 172 Å². The number of halogens is 1. The van der Waals surface area contributed by atoms with E-state index in [1.54, 1.807) is 39.1 Å². The Morgan fingerprint density at radius 2 is 1.79 bits per heavy atom. The van der Waals surface area contributed by atoms with E-state index in [0.717, 1.165) is 22.4 Å². The van der Waals surface area contributed by atoms with Crippen molar-refractivity contribution >= 4 is 34.4 Å². The topological polar surface area (TPSA) is 73.8 Å². The van der Waals surface area contributed by atoms with Crippen LogP contribution in [-0.2, 0) is 18.4 Å². The minimum absolute atomic E-state index is 0.138. The molecule has 0 aliphatic rings. The van der Waals surface area contributed by atoms with Crippen LogP contribution in [0.25, 0.3) is 16.7 Å². The van der Waals surface area contributed by atoms with Gasteiger partial charge in [0.1, 0.15) is 5.82 Å². The first-order valence-electron chi connectivity index (χ1n) is 9.21. The Hall–Kier alpha value is -3.32. The molecule has 2 aromatic carbocycles. The number of fused-ring (bicyclic) bond motifs is 1. The standard InChI is InChI=1S/C21H20ClN5O2/c1-14-13-19(27(24-14)16-9-7-15(22)8-10-16)23-20(28)11-12-26-18-6-4-3-5-17(18)25(2)21(26)29/h3-10,13H,11-12H2,1-2H3,(H,23,28). The number of nitrogens with one attached hydrogen (secondary N) is 1. The summed E-state index contributed by atoms with van der Waals surface area (Å²) in [5.74, 6) is 0.375. The van der Waals surface area contributed by atoms with Crippen LogP contribution < -0.4 is 11.0 Å². The number of hydrogen-bond acceptors (Lipinski definition) is 3. The maximum atomic E-state index is 12.6. The first-order chi connectivity index (χ1) is 13.9. The molecule has 0 spiro atoms. The van der Waals surface area contributed by atoms with Gasteiger partial charge in [-0.15, -0.1) is 0 Å². The van der Waals surface area contributed by atoms with Crippen LogP contribution in [0.2, 0.25) is 5.02 Å². The number of carbonyl (C=O) groups excluding carboxylic acids is 1. The number of hydrogen-bond donors (Lipinski definition) is 1. The lowest BCUT2D eigenvalue weighted by atomic mass is 10.3. The van der Waals surface area contributed by atoms with E-state index in [0.29, 0.717) is 17.4 Å². The molecular formula is C21H20ClN5O2. The Morgan fingerprint density at radius 3 is 2.52 bits per heavy atom. The molecule has 0 fully saturated rings. The van der Waals surface area contributed by atoms with Crippen molar-refractivity contribution < 1.29 is 4.79 Å². The fourth-order valence-electron chi connectivity index (χ4n) is 3.37. The van der Waals surface area contributed by atoms with E-state index in [-0.39, 0.29) is 18.0 Å². The molecular weight excluding hydrogens is 390 g/mol. The van der Waals surface area contributed by atoms with E-state index in [1.165, 1.54) is 0 Å². The molecule has 1 N–H and O–H groups in total. The van der Waals surface area contributed by atoms with Gasteiger partial charge in [-0.05, 0) is 43.3 Å². The van der Waals surface area contributed by atoms with Gasteiger partial charge < -0.3 is 5.32 Å². The molecule has 0 aliphatic carbocycles. The lowest BCUT2D eigenvalue weighted by Crippen LogP contribution is -2.25. The normalized spacial score (nSPS) is 11.1. The summed E-state index contributed by atoms with van der Waals surface area (Å²) in [7, 11) is 1.73. The molecule has 0 bridgehead atoms. The van der Waals surface area contributed by atoms with Gasteiger partial charge in [-0.1, -0.05) is 23.7 Å². The Balaban J connectivity index is 1.53. The molecule has 2 heterocycles. The van der Waals surface area contributed by atoms with Gasteiger partial charge in [0.25, 0.3) is 0 Å². The Bertz CT molecular complexity index is 1250. The van der Waals surface area contributed by atoms with E-state index in [1.807, 2.05) is 43.3 Å². The van der Waals surface area contributed by atoms with Gasteiger partial charge in [0.15, 0.2) is 0 Å². The van der Waals surface area contributed by atoms with Crippen LogP contribution in [0, 0.1) is 6.92 Å². The van der Waals surface area contributed by atoms with Crippen LogP contribution in [0.4, 0.5) is 5.82 Å². The van der Waals surface area contributed by atoms with Crippen molar-refractivity contribution in [3.63, 3.8) is 0 Å². The fraction of sp³-hybridized carbons (Fsp3) is 0.190. The predicted octanol–water partition coefficient (Wildman–Crippen LogP) is 3.52. The van der Waals surface area contributed by atoms with Crippen molar-refractivity contribution in [2.75, 3.05) is 5.32 Å². The third kappa shape index (κ3) is 3.69. The van der Waals surface area contributed by atoms with Gasteiger partial charge >= 0.3 is 5.69 Å². The average molecular weight is 410 g/mol. The number of anilines is 1. The number of aryl methyl sites for hydroxylation is 3. The summed E-state index contributed by atoms with van der Waals surface area (Å²) in [6.07, 6.45) is 0.165. The number of para-hydroxylation sites is 2. The molecule has 0 radical (unpaired) electrons. The van der Waals surface area contributed by atoms with Crippen LogP contribution in [0.3, 0.4) is 0 Å². The molecule has 0 unspecified atom stereocenters. The van der Waals surface area contributed by atoms with Gasteiger partial charge in [-0.25, -0.2) is 9.48 Å². The number of benzene rings is 2. The minimum Gasteiger partial charge on any atom is -0.311 e. The van der Waals surface area contributed by atoms with Crippen LogP contribution in [0.15, 0.2) is 59.4 Å². The smallest absolute Gasteiger partial charge is 0.311 e. The predicted molar refractivity (Wildman–Crippen MR) is 114 cm³/mol. The maximum Gasteiger partial charge on any atom is 0.328 e. The van der Waals surface area contributed by atoms with Crippen LogP contribution in [0.5, 0.6) is 0 Å². The van der Waals surface area contributed by atoms with Crippen molar-refractivity contribution in [3.05, 3.63) is 75.8 Å². The molecule has 0 saturated carbocycles. The van der Waals surface area contributed by atoms with Crippen LogP contribution in [0.1, 0.15) is 12.1 Å².